The monoisotopic (exact) mass is 641 g/mol. The van der Waals surface area contributed by atoms with E-state index in [-0.39, 0.29) is 33.6 Å². The first-order chi connectivity index (χ1) is 20.5. The molecule has 4 rings (SSSR count). The van der Waals surface area contributed by atoms with Gasteiger partial charge in [0.2, 0.25) is 11.8 Å². The minimum Gasteiger partial charge on any atom is -0.357 e. The summed E-state index contributed by atoms with van der Waals surface area (Å²) in [6.45, 7) is 1.07. The summed E-state index contributed by atoms with van der Waals surface area (Å²) < 4.78 is 42.7. The van der Waals surface area contributed by atoms with Crippen LogP contribution in [0.4, 0.5) is 10.1 Å². The van der Waals surface area contributed by atoms with Gasteiger partial charge in [0.1, 0.15) is 18.4 Å². The summed E-state index contributed by atoms with van der Waals surface area (Å²) in [6, 6.07) is 24.1. The van der Waals surface area contributed by atoms with Crippen molar-refractivity contribution >= 4 is 50.7 Å². The zero-order valence-corrected chi connectivity index (χ0v) is 25.8. The maximum absolute atomic E-state index is 14.3. The molecule has 4 aromatic rings. The molecule has 1 N–H and O–H groups in total. The Morgan fingerprint density at radius 3 is 2.05 bits per heavy atom. The summed E-state index contributed by atoms with van der Waals surface area (Å²) in [5.41, 5.74) is 2.27. The second kappa shape index (κ2) is 14.0. The number of halogens is 3. The Labute approximate surface area is 260 Å². The Balaban J connectivity index is 1.80. The average molecular weight is 643 g/mol. The lowest BCUT2D eigenvalue weighted by Gasteiger charge is -2.33. The van der Waals surface area contributed by atoms with Crippen molar-refractivity contribution in [2.45, 2.75) is 30.8 Å². The molecule has 7 nitrogen and oxygen atoms in total. The van der Waals surface area contributed by atoms with Crippen LogP contribution in [0.1, 0.15) is 16.7 Å². The first kappa shape index (κ1) is 32.0. The lowest BCUT2D eigenvalue weighted by atomic mass is 10.0. The molecule has 0 bridgehead atoms. The molecular formula is C32H30Cl2FN3O4S. The first-order valence-electron chi connectivity index (χ1n) is 13.3. The topological polar surface area (TPSA) is 86.8 Å². The molecule has 0 aliphatic rings. The SMILES string of the molecule is CNC(=O)[C@@H](Cc1ccccc1)N(Cc1ccc(F)cc1)C(=O)CN(c1cc(Cl)cc(Cl)c1)S(=O)(=O)c1ccc(C)cc1. The lowest BCUT2D eigenvalue weighted by molar-refractivity contribution is -0.139. The third kappa shape index (κ3) is 8.13. The molecule has 0 spiro atoms. The van der Waals surface area contributed by atoms with Gasteiger partial charge in [0.25, 0.3) is 10.0 Å². The number of aryl methyl sites for hydroxylation is 1. The van der Waals surface area contributed by atoms with Crippen molar-refractivity contribution in [3.63, 3.8) is 0 Å². The van der Waals surface area contributed by atoms with Crippen LogP contribution in [0.5, 0.6) is 0 Å². The Hall–Kier alpha value is -3.92. The smallest absolute Gasteiger partial charge is 0.264 e. The molecule has 43 heavy (non-hydrogen) atoms. The van der Waals surface area contributed by atoms with Crippen LogP contribution in [-0.4, -0.2) is 44.8 Å². The van der Waals surface area contributed by atoms with E-state index in [1.165, 1.54) is 66.5 Å². The van der Waals surface area contributed by atoms with E-state index in [0.29, 0.717) is 5.56 Å². The molecule has 224 valence electrons. The molecule has 0 saturated heterocycles. The number of anilines is 1. The molecule has 0 aliphatic carbocycles. The first-order valence-corrected chi connectivity index (χ1v) is 15.5. The van der Waals surface area contributed by atoms with E-state index in [4.69, 9.17) is 23.2 Å². The van der Waals surface area contributed by atoms with Gasteiger partial charge in [-0.05, 0) is 60.5 Å². The molecule has 0 unspecified atom stereocenters. The molecule has 4 aromatic carbocycles. The maximum atomic E-state index is 14.3. The number of amides is 2. The minimum absolute atomic E-state index is 0.0424. The molecular weight excluding hydrogens is 612 g/mol. The highest BCUT2D eigenvalue weighted by atomic mass is 35.5. The number of likely N-dealkylation sites (N-methyl/N-ethyl adjacent to an activating group) is 1. The van der Waals surface area contributed by atoms with E-state index < -0.39 is 40.2 Å². The molecule has 2 amide bonds. The van der Waals surface area contributed by atoms with Crippen LogP contribution in [0.3, 0.4) is 0 Å². The highest BCUT2D eigenvalue weighted by Gasteiger charge is 2.34. The van der Waals surface area contributed by atoms with E-state index in [0.717, 1.165) is 15.4 Å². The summed E-state index contributed by atoms with van der Waals surface area (Å²) in [5.74, 6) is -1.57. The quantitative estimate of drug-likeness (QED) is 0.217. The highest BCUT2D eigenvalue weighted by Crippen LogP contribution is 2.30. The van der Waals surface area contributed by atoms with Gasteiger partial charge in [-0.25, -0.2) is 12.8 Å². The van der Waals surface area contributed by atoms with Crippen LogP contribution in [0.15, 0.2) is 102 Å². The summed E-state index contributed by atoms with van der Waals surface area (Å²) in [7, 11) is -2.84. The van der Waals surface area contributed by atoms with Crippen LogP contribution >= 0.6 is 23.2 Å². The van der Waals surface area contributed by atoms with Crippen molar-refractivity contribution in [2.24, 2.45) is 0 Å². The number of rotatable bonds is 11. The van der Waals surface area contributed by atoms with Crippen LogP contribution in [-0.2, 0) is 32.6 Å². The van der Waals surface area contributed by atoms with E-state index in [1.54, 1.807) is 12.1 Å². The lowest BCUT2D eigenvalue weighted by Crippen LogP contribution is -2.53. The average Bonchev–Trinajstić information content (AvgIpc) is 2.98. The third-order valence-corrected chi connectivity index (χ3v) is 9.03. The van der Waals surface area contributed by atoms with Gasteiger partial charge in [-0.3, -0.25) is 13.9 Å². The third-order valence-electron chi connectivity index (χ3n) is 6.81. The van der Waals surface area contributed by atoms with Gasteiger partial charge in [0, 0.05) is 30.1 Å². The Kier molecular flexibility index (Phi) is 10.4. The number of nitrogens with zero attached hydrogens (tertiary/aromatic N) is 2. The fourth-order valence-electron chi connectivity index (χ4n) is 4.56. The normalized spacial score (nSPS) is 11.9. The zero-order valence-electron chi connectivity index (χ0n) is 23.5. The van der Waals surface area contributed by atoms with Crippen molar-refractivity contribution in [3.8, 4) is 0 Å². The van der Waals surface area contributed by atoms with Gasteiger partial charge in [-0.1, -0.05) is 83.4 Å². The predicted molar refractivity (Wildman–Crippen MR) is 167 cm³/mol. The Morgan fingerprint density at radius 2 is 1.47 bits per heavy atom. The van der Waals surface area contributed by atoms with Crippen LogP contribution in [0.25, 0.3) is 0 Å². The molecule has 0 heterocycles. The van der Waals surface area contributed by atoms with Gasteiger partial charge in [-0.15, -0.1) is 0 Å². The number of carbonyl (C=O) groups excluding carboxylic acids is 2. The largest absolute Gasteiger partial charge is 0.357 e. The number of hydrogen-bond donors (Lipinski definition) is 1. The van der Waals surface area contributed by atoms with Gasteiger partial charge in [0.15, 0.2) is 0 Å². The van der Waals surface area contributed by atoms with Crippen LogP contribution < -0.4 is 9.62 Å². The maximum Gasteiger partial charge on any atom is 0.264 e. The van der Waals surface area contributed by atoms with Crippen molar-refractivity contribution in [2.75, 3.05) is 17.9 Å². The van der Waals surface area contributed by atoms with Crippen molar-refractivity contribution in [1.29, 1.82) is 0 Å². The summed E-state index contributed by atoms with van der Waals surface area (Å²) >= 11 is 12.5. The summed E-state index contributed by atoms with van der Waals surface area (Å²) in [6.07, 6.45) is 0.154. The van der Waals surface area contributed by atoms with E-state index in [9.17, 15) is 22.4 Å². The fraction of sp³-hybridized carbons (Fsp3) is 0.188. The number of benzene rings is 4. The molecule has 0 aliphatic heterocycles. The van der Waals surface area contributed by atoms with Crippen LogP contribution in [0.2, 0.25) is 10.0 Å². The van der Waals surface area contributed by atoms with Gasteiger partial charge in [0.05, 0.1) is 10.6 Å². The van der Waals surface area contributed by atoms with Crippen LogP contribution in [0, 0.1) is 12.7 Å². The Morgan fingerprint density at radius 1 is 0.860 bits per heavy atom. The summed E-state index contributed by atoms with van der Waals surface area (Å²) in [4.78, 5) is 28.8. The fourth-order valence-corrected chi connectivity index (χ4v) is 6.47. The Bertz CT molecular complexity index is 1670. The molecule has 0 saturated carbocycles. The minimum atomic E-state index is -4.30. The standard InChI is InChI=1S/C32H30Cl2FN3O4S/c1-22-8-14-29(15-9-22)43(41,42)38(28-18-25(33)17-26(34)19-28)21-31(39)37(20-24-10-12-27(35)13-11-24)30(32(40)36-2)16-23-6-4-3-5-7-23/h3-15,17-19,30H,16,20-21H2,1-2H3,(H,36,40)/t30-/m1/s1. The molecule has 0 fully saturated rings. The second-order valence-corrected chi connectivity index (χ2v) is 12.7. The van der Waals surface area contributed by atoms with Crippen molar-refractivity contribution < 1.29 is 22.4 Å². The predicted octanol–water partition coefficient (Wildman–Crippen LogP) is 6.02. The highest BCUT2D eigenvalue weighted by molar-refractivity contribution is 7.92. The van der Waals surface area contributed by atoms with Gasteiger partial charge < -0.3 is 10.2 Å². The van der Waals surface area contributed by atoms with Gasteiger partial charge in [-0.2, -0.15) is 0 Å². The van der Waals surface area contributed by atoms with E-state index in [1.807, 2.05) is 37.3 Å². The number of hydrogen-bond acceptors (Lipinski definition) is 4. The molecule has 0 radical (unpaired) electrons. The molecule has 11 heteroatoms. The number of carbonyl (C=O) groups is 2. The van der Waals surface area contributed by atoms with E-state index >= 15 is 0 Å². The summed E-state index contributed by atoms with van der Waals surface area (Å²) in [5, 5.41) is 2.97. The molecule has 1 atom stereocenters. The zero-order chi connectivity index (χ0) is 31.1. The van der Waals surface area contributed by atoms with E-state index in [2.05, 4.69) is 5.32 Å². The van der Waals surface area contributed by atoms with Gasteiger partial charge >= 0.3 is 0 Å². The number of sulfonamides is 1. The molecule has 0 aromatic heterocycles. The van der Waals surface area contributed by atoms with Crippen molar-refractivity contribution in [3.05, 3.63) is 130 Å². The number of nitrogens with one attached hydrogen (secondary N) is 1. The van der Waals surface area contributed by atoms with Crippen molar-refractivity contribution in [1.82, 2.24) is 10.2 Å². The second-order valence-electron chi connectivity index (χ2n) is 9.92.